The fourth-order valence-corrected chi connectivity index (χ4v) is 5.61. The van der Waals surface area contributed by atoms with Gasteiger partial charge in [0.15, 0.2) is 0 Å². The maximum absolute atomic E-state index is 14.0. The van der Waals surface area contributed by atoms with Gasteiger partial charge in [0.25, 0.3) is 10.0 Å². The normalized spacial score (nSPS) is 12.5. The maximum atomic E-state index is 14.0. The third-order valence-corrected chi connectivity index (χ3v) is 8.52. The zero-order valence-electron chi connectivity index (χ0n) is 23.2. The summed E-state index contributed by atoms with van der Waals surface area (Å²) >= 11 is 6.36. The van der Waals surface area contributed by atoms with Crippen molar-refractivity contribution in [1.29, 1.82) is 0 Å². The Labute approximate surface area is 236 Å². The standard InChI is InChI=1S/C30H36ClN3O4S/c1-21-12-10-11-13-24(21)19-33(23(3)29(36)32-30(4,5)6)28(35)20-34(25-17-16-22(2)27(31)18-25)39(37,38)26-14-8-7-9-15-26/h7-18,23H,19-20H2,1-6H3,(H,32,36). The Bertz CT molecular complexity index is 1440. The van der Waals surface area contributed by atoms with E-state index in [4.69, 9.17) is 11.6 Å². The number of rotatable bonds is 9. The average Bonchev–Trinajstić information content (AvgIpc) is 2.87. The molecule has 1 atom stereocenters. The van der Waals surface area contributed by atoms with Gasteiger partial charge in [-0.05, 0) is 82.5 Å². The van der Waals surface area contributed by atoms with Crippen molar-refractivity contribution in [3.8, 4) is 0 Å². The van der Waals surface area contributed by atoms with E-state index in [0.717, 1.165) is 21.0 Å². The van der Waals surface area contributed by atoms with Gasteiger partial charge in [-0.3, -0.25) is 13.9 Å². The first-order chi connectivity index (χ1) is 18.2. The molecule has 3 rings (SSSR count). The zero-order valence-corrected chi connectivity index (χ0v) is 24.8. The molecule has 1 N–H and O–H groups in total. The first-order valence-electron chi connectivity index (χ1n) is 12.7. The average molecular weight is 570 g/mol. The SMILES string of the molecule is Cc1ccc(N(CC(=O)N(Cc2ccccc2C)C(C)C(=O)NC(C)(C)C)S(=O)(=O)c2ccccc2)cc1Cl. The summed E-state index contributed by atoms with van der Waals surface area (Å²) in [4.78, 5) is 28.6. The molecule has 0 saturated carbocycles. The fraction of sp³-hybridized carbons (Fsp3) is 0.333. The number of hydrogen-bond donors (Lipinski definition) is 1. The number of hydrogen-bond acceptors (Lipinski definition) is 4. The first kappa shape index (κ1) is 30.2. The second-order valence-electron chi connectivity index (χ2n) is 10.6. The lowest BCUT2D eigenvalue weighted by Gasteiger charge is -2.34. The molecule has 0 spiro atoms. The van der Waals surface area contributed by atoms with Crippen LogP contribution in [0.15, 0.2) is 77.7 Å². The zero-order chi connectivity index (χ0) is 29.0. The van der Waals surface area contributed by atoms with Crippen LogP contribution in [-0.4, -0.2) is 43.3 Å². The fourth-order valence-electron chi connectivity index (χ4n) is 4.01. The highest BCUT2D eigenvalue weighted by Crippen LogP contribution is 2.28. The molecule has 0 fully saturated rings. The number of anilines is 1. The van der Waals surface area contributed by atoms with E-state index < -0.39 is 34.1 Å². The van der Waals surface area contributed by atoms with Crippen LogP contribution in [0.1, 0.15) is 44.4 Å². The van der Waals surface area contributed by atoms with Crippen LogP contribution in [0.4, 0.5) is 5.69 Å². The molecule has 1 unspecified atom stereocenters. The lowest BCUT2D eigenvalue weighted by atomic mass is 10.1. The Hall–Kier alpha value is -3.36. The third kappa shape index (κ3) is 7.61. The van der Waals surface area contributed by atoms with Gasteiger partial charge in [0.05, 0.1) is 10.6 Å². The lowest BCUT2D eigenvalue weighted by molar-refractivity contribution is -0.140. The van der Waals surface area contributed by atoms with Crippen molar-refractivity contribution in [1.82, 2.24) is 10.2 Å². The number of sulfonamides is 1. The number of carbonyl (C=O) groups excluding carboxylic acids is 2. The van der Waals surface area contributed by atoms with Gasteiger partial charge in [0.1, 0.15) is 12.6 Å². The molecule has 3 aromatic carbocycles. The summed E-state index contributed by atoms with van der Waals surface area (Å²) in [5, 5.41) is 3.30. The van der Waals surface area contributed by atoms with Crippen LogP contribution < -0.4 is 9.62 Å². The van der Waals surface area contributed by atoms with Gasteiger partial charge in [-0.2, -0.15) is 0 Å². The largest absolute Gasteiger partial charge is 0.350 e. The summed E-state index contributed by atoms with van der Waals surface area (Å²) in [7, 11) is -4.14. The summed E-state index contributed by atoms with van der Waals surface area (Å²) in [6.07, 6.45) is 0. The van der Waals surface area contributed by atoms with E-state index in [-0.39, 0.29) is 23.0 Å². The van der Waals surface area contributed by atoms with Crippen molar-refractivity contribution in [2.45, 2.75) is 64.6 Å². The number of carbonyl (C=O) groups is 2. The van der Waals surface area contributed by atoms with Crippen LogP contribution >= 0.6 is 11.6 Å². The number of aryl methyl sites for hydroxylation is 2. The van der Waals surface area contributed by atoms with Crippen LogP contribution in [0.25, 0.3) is 0 Å². The van der Waals surface area contributed by atoms with Crippen LogP contribution in [0, 0.1) is 13.8 Å². The monoisotopic (exact) mass is 569 g/mol. The van der Waals surface area contributed by atoms with E-state index in [1.807, 2.05) is 58.9 Å². The smallest absolute Gasteiger partial charge is 0.264 e. The molecule has 0 aliphatic heterocycles. The van der Waals surface area contributed by atoms with Gasteiger partial charge < -0.3 is 10.2 Å². The number of nitrogens with one attached hydrogen (secondary N) is 1. The Kier molecular flexibility index (Phi) is 9.46. The van der Waals surface area contributed by atoms with Gasteiger partial charge in [0.2, 0.25) is 11.8 Å². The Morgan fingerprint density at radius 3 is 2.13 bits per heavy atom. The van der Waals surface area contributed by atoms with Gasteiger partial charge in [-0.25, -0.2) is 8.42 Å². The molecule has 0 aromatic heterocycles. The molecule has 0 aliphatic carbocycles. The minimum Gasteiger partial charge on any atom is -0.350 e. The van der Waals surface area contributed by atoms with E-state index in [1.54, 1.807) is 37.3 Å². The second-order valence-corrected chi connectivity index (χ2v) is 12.9. The van der Waals surface area contributed by atoms with E-state index in [0.29, 0.717) is 5.02 Å². The molecule has 2 amide bonds. The van der Waals surface area contributed by atoms with Gasteiger partial charge in [0, 0.05) is 17.1 Å². The minimum absolute atomic E-state index is 0.0403. The second kappa shape index (κ2) is 12.2. The molecule has 9 heteroatoms. The van der Waals surface area contributed by atoms with Crippen molar-refractivity contribution in [3.63, 3.8) is 0 Å². The van der Waals surface area contributed by atoms with Crippen LogP contribution in [0.3, 0.4) is 0 Å². The number of amides is 2. The Morgan fingerprint density at radius 2 is 1.54 bits per heavy atom. The highest BCUT2D eigenvalue weighted by Gasteiger charge is 2.33. The first-order valence-corrected chi connectivity index (χ1v) is 14.5. The summed E-state index contributed by atoms with van der Waals surface area (Å²) in [5.41, 5.74) is 2.34. The van der Waals surface area contributed by atoms with Crippen LogP contribution in [0.2, 0.25) is 5.02 Å². The molecular formula is C30H36ClN3O4S. The Morgan fingerprint density at radius 1 is 0.923 bits per heavy atom. The molecule has 0 heterocycles. The molecule has 7 nitrogen and oxygen atoms in total. The Balaban J connectivity index is 2.06. The van der Waals surface area contributed by atoms with E-state index in [2.05, 4.69) is 5.32 Å². The van der Waals surface area contributed by atoms with Crippen molar-refractivity contribution >= 4 is 39.1 Å². The number of nitrogens with zero attached hydrogens (tertiary/aromatic N) is 2. The quantitative estimate of drug-likeness (QED) is 0.369. The molecule has 0 bridgehead atoms. The van der Waals surface area contributed by atoms with Crippen LogP contribution in [-0.2, 0) is 26.2 Å². The topological polar surface area (TPSA) is 86.8 Å². The van der Waals surface area contributed by atoms with Crippen molar-refractivity contribution in [2.24, 2.45) is 0 Å². The van der Waals surface area contributed by atoms with E-state index in [9.17, 15) is 18.0 Å². The maximum Gasteiger partial charge on any atom is 0.264 e. The lowest BCUT2D eigenvalue weighted by Crippen LogP contribution is -2.54. The van der Waals surface area contributed by atoms with Gasteiger partial charge >= 0.3 is 0 Å². The van der Waals surface area contributed by atoms with Crippen molar-refractivity contribution < 1.29 is 18.0 Å². The molecule has 0 aliphatic rings. The van der Waals surface area contributed by atoms with Crippen LogP contribution in [0.5, 0.6) is 0 Å². The highest BCUT2D eigenvalue weighted by molar-refractivity contribution is 7.92. The number of halogens is 1. The van der Waals surface area contributed by atoms with E-state index in [1.165, 1.54) is 23.1 Å². The molecule has 0 radical (unpaired) electrons. The van der Waals surface area contributed by atoms with Gasteiger partial charge in [-0.15, -0.1) is 0 Å². The minimum atomic E-state index is -4.14. The highest BCUT2D eigenvalue weighted by atomic mass is 35.5. The summed E-state index contributed by atoms with van der Waals surface area (Å²) < 4.78 is 28.7. The summed E-state index contributed by atoms with van der Waals surface area (Å²) in [6.45, 7) is 10.6. The van der Waals surface area contributed by atoms with Gasteiger partial charge in [-0.1, -0.05) is 60.1 Å². The summed E-state index contributed by atoms with van der Waals surface area (Å²) in [6, 6.07) is 19.5. The third-order valence-electron chi connectivity index (χ3n) is 6.32. The van der Waals surface area contributed by atoms with E-state index >= 15 is 0 Å². The predicted octanol–water partition coefficient (Wildman–Crippen LogP) is 5.48. The van der Waals surface area contributed by atoms with Crippen molar-refractivity contribution in [2.75, 3.05) is 10.8 Å². The number of benzene rings is 3. The summed E-state index contributed by atoms with van der Waals surface area (Å²) in [5.74, 6) is -0.855. The molecule has 0 saturated heterocycles. The predicted molar refractivity (Wildman–Crippen MR) is 156 cm³/mol. The molecular weight excluding hydrogens is 534 g/mol. The molecule has 39 heavy (non-hydrogen) atoms. The van der Waals surface area contributed by atoms with Crippen molar-refractivity contribution in [3.05, 3.63) is 94.5 Å². The molecule has 3 aromatic rings. The molecule has 208 valence electrons.